The standard InChI is InChI=1S/C20H20ClFO4/c1-20(2,3)26-18(24)10-13-5-4-6-14(9-13)12-25-17-8-7-16(22)15(11-23)19(17)21/h4-9,11H,10,12H2,1-3H3. The van der Waals surface area contributed by atoms with Gasteiger partial charge in [0.05, 0.1) is 17.0 Å². The van der Waals surface area contributed by atoms with Crippen LogP contribution in [0.3, 0.4) is 0 Å². The fourth-order valence-electron chi connectivity index (χ4n) is 2.30. The minimum Gasteiger partial charge on any atom is -0.487 e. The van der Waals surface area contributed by atoms with E-state index in [1.165, 1.54) is 6.07 Å². The van der Waals surface area contributed by atoms with Crippen LogP contribution in [0.15, 0.2) is 36.4 Å². The molecular formula is C20H20ClFO4. The zero-order chi connectivity index (χ0) is 19.3. The highest BCUT2D eigenvalue weighted by Crippen LogP contribution is 2.29. The van der Waals surface area contributed by atoms with E-state index in [9.17, 15) is 14.0 Å². The maximum absolute atomic E-state index is 13.5. The second kappa shape index (κ2) is 8.32. The fraction of sp³-hybridized carbons (Fsp3) is 0.300. The Balaban J connectivity index is 2.05. The highest BCUT2D eigenvalue weighted by Gasteiger charge is 2.17. The van der Waals surface area contributed by atoms with Crippen molar-refractivity contribution in [2.75, 3.05) is 0 Å². The fourth-order valence-corrected chi connectivity index (χ4v) is 2.56. The maximum atomic E-state index is 13.5. The smallest absolute Gasteiger partial charge is 0.310 e. The number of hydrogen-bond donors (Lipinski definition) is 0. The Labute approximate surface area is 156 Å². The van der Waals surface area contributed by atoms with Gasteiger partial charge in [-0.2, -0.15) is 0 Å². The highest BCUT2D eigenvalue weighted by molar-refractivity contribution is 6.34. The van der Waals surface area contributed by atoms with Crippen molar-refractivity contribution in [2.24, 2.45) is 0 Å². The van der Waals surface area contributed by atoms with Crippen molar-refractivity contribution in [1.29, 1.82) is 0 Å². The molecule has 2 aromatic carbocycles. The molecule has 0 aliphatic carbocycles. The summed E-state index contributed by atoms with van der Waals surface area (Å²) in [5.74, 6) is -0.794. The van der Waals surface area contributed by atoms with Gasteiger partial charge in [-0.05, 0) is 44.0 Å². The minimum atomic E-state index is -0.697. The van der Waals surface area contributed by atoms with Gasteiger partial charge >= 0.3 is 5.97 Å². The number of benzene rings is 2. The van der Waals surface area contributed by atoms with Gasteiger partial charge in [-0.25, -0.2) is 4.39 Å². The first kappa shape index (κ1) is 19.9. The summed E-state index contributed by atoms with van der Waals surface area (Å²) < 4.78 is 24.4. The van der Waals surface area contributed by atoms with Crippen molar-refractivity contribution in [3.8, 4) is 5.75 Å². The molecule has 2 aromatic rings. The van der Waals surface area contributed by atoms with E-state index in [4.69, 9.17) is 21.1 Å². The zero-order valence-electron chi connectivity index (χ0n) is 14.8. The molecule has 0 saturated heterocycles. The van der Waals surface area contributed by atoms with Crippen LogP contribution in [0.5, 0.6) is 5.75 Å². The van der Waals surface area contributed by atoms with E-state index in [1.807, 2.05) is 45.0 Å². The molecule has 0 saturated carbocycles. The normalized spacial score (nSPS) is 11.1. The van der Waals surface area contributed by atoms with E-state index < -0.39 is 11.4 Å². The quantitative estimate of drug-likeness (QED) is 0.537. The molecular weight excluding hydrogens is 359 g/mol. The summed E-state index contributed by atoms with van der Waals surface area (Å²) in [6, 6.07) is 9.78. The molecule has 138 valence electrons. The number of carbonyl (C=O) groups excluding carboxylic acids is 2. The van der Waals surface area contributed by atoms with Crippen molar-refractivity contribution in [3.05, 3.63) is 63.9 Å². The summed E-state index contributed by atoms with van der Waals surface area (Å²) in [6.45, 7) is 5.60. The molecule has 0 N–H and O–H groups in total. The molecule has 0 aliphatic heterocycles. The van der Waals surface area contributed by atoms with Crippen LogP contribution < -0.4 is 4.74 Å². The number of hydrogen-bond acceptors (Lipinski definition) is 4. The zero-order valence-corrected chi connectivity index (χ0v) is 15.6. The second-order valence-electron chi connectivity index (χ2n) is 6.76. The number of halogens is 2. The molecule has 0 heterocycles. The van der Waals surface area contributed by atoms with Gasteiger partial charge in [0, 0.05) is 0 Å². The summed E-state index contributed by atoms with van der Waals surface area (Å²) in [6.07, 6.45) is 0.504. The van der Waals surface area contributed by atoms with Crippen molar-refractivity contribution in [2.45, 2.75) is 39.4 Å². The average Bonchev–Trinajstić information content (AvgIpc) is 2.53. The number of aldehydes is 1. The average molecular weight is 379 g/mol. The first-order chi connectivity index (χ1) is 12.2. The molecule has 26 heavy (non-hydrogen) atoms. The number of esters is 1. The SMILES string of the molecule is CC(C)(C)OC(=O)Cc1cccc(COc2ccc(F)c(C=O)c2Cl)c1. The van der Waals surface area contributed by atoms with E-state index in [-0.39, 0.29) is 35.3 Å². The van der Waals surface area contributed by atoms with E-state index in [1.54, 1.807) is 0 Å². The largest absolute Gasteiger partial charge is 0.487 e. The molecule has 0 bridgehead atoms. The van der Waals surface area contributed by atoms with Crippen LogP contribution in [-0.2, 0) is 22.6 Å². The third kappa shape index (κ3) is 5.56. The Hall–Kier alpha value is -2.40. The first-order valence-corrected chi connectivity index (χ1v) is 8.43. The Morgan fingerprint density at radius 2 is 1.88 bits per heavy atom. The van der Waals surface area contributed by atoms with Gasteiger partial charge in [0.1, 0.15) is 23.8 Å². The first-order valence-electron chi connectivity index (χ1n) is 8.05. The Bertz CT molecular complexity index is 812. The summed E-state index contributed by atoms with van der Waals surface area (Å²) in [7, 11) is 0. The van der Waals surface area contributed by atoms with Crippen LogP contribution in [0.2, 0.25) is 5.02 Å². The molecule has 0 radical (unpaired) electrons. The molecule has 0 aromatic heterocycles. The van der Waals surface area contributed by atoms with Crippen molar-refractivity contribution in [3.63, 3.8) is 0 Å². The molecule has 0 unspecified atom stereocenters. The van der Waals surface area contributed by atoms with Crippen molar-refractivity contribution >= 4 is 23.9 Å². The predicted molar refractivity (Wildman–Crippen MR) is 97.1 cm³/mol. The highest BCUT2D eigenvalue weighted by atomic mass is 35.5. The van der Waals surface area contributed by atoms with Crippen LogP contribution in [0, 0.1) is 5.82 Å². The molecule has 0 spiro atoms. The van der Waals surface area contributed by atoms with Crippen LogP contribution >= 0.6 is 11.6 Å². The van der Waals surface area contributed by atoms with E-state index in [0.717, 1.165) is 17.2 Å². The van der Waals surface area contributed by atoms with E-state index >= 15 is 0 Å². The van der Waals surface area contributed by atoms with Crippen molar-refractivity contribution in [1.82, 2.24) is 0 Å². The molecule has 0 amide bonds. The monoisotopic (exact) mass is 378 g/mol. The lowest BCUT2D eigenvalue weighted by Gasteiger charge is -2.19. The van der Waals surface area contributed by atoms with Crippen LogP contribution in [-0.4, -0.2) is 17.9 Å². The topological polar surface area (TPSA) is 52.6 Å². The van der Waals surface area contributed by atoms with Gasteiger partial charge in [-0.15, -0.1) is 0 Å². The lowest BCUT2D eigenvalue weighted by Crippen LogP contribution is -2.24. The second-order valence-corrected chi connectivity index (χ2v) is 7.14. The van der Waals surface area contributed by atoms with Crippen LogP contribution in [0.1, 0.15) is 42.3 Å². The molecule has 6 heteroatoms. The summed E-state index contributed by atoms with van der Waals surface area (Å²) in [5, 5.41) is -0.0649. The van der Waals surface area contributed by atoms with Crippen LogP contribution in [0.25, 0.3) is 0 Å². The van der Waals surface area contributed by atoms with E-state index in [2.05, 4.69) is 0 Å². The van der Waals surface area contributed by atoms with Gasteiger partial charge in [0.25, 0.3) is 0 Å². The Kier molecular flexibility index (Phi) is 6.37. The lowest BCUT2D eigenvalue weighted by molar-refractivity contribution is -0.153. The van der Waals surface area contributed by atoms with Gasteiger partial charge in [0.15, 0.2) is 6.29 Å². The molecule has 2 rings (SSSR count). The van der Waals surface area contributed by atoms with Crippen molar-refractivity contribution < 1.29 is 23.5 Å². The summed E-state index contributed by atoms with van der Waals surface area (Å²) in [4.78, 5) is 22.8. The lowest BCUT2D eigenvalue weighted by atomic mass is 10.1. The Morgan fingerprint density at radius 1 is 1.19 bits per heavy atom. The minimum absolute atomic E-state index is 0.0649. The maximum Gasteiger partial charge on any atom is 0.310 e. The Morgan fingerprint density at radius 3 is 2.54 bits per heavy atom. The molecule has 0 fully saturated rings. The third-order valence-electron chi connectivity index (χ3n) is 3.36. The van der Waals surface area contributed by atoms with Crippen LogP contribution in [0.4, 0.5) is 4.39 Å². The third-order valence-corrected chi connectivity index (χ3v) is 3.75. The molecule has 4 nitrogen and oxygen atoms in total. The van der Waals surface area contributed by atoms with Gasteiger partial charge in [-0.1, -0.05) is 35.9 Å². The van der Waals surface area contributed by atoms with Gasteiger partial charge in [0.2, 0.25) is 0 Å². The van der Waals surface area contributed by atoms with E-state index in [0.29, 0.717) is 6.29 Å². The predicted octanol–water partition coefficient (Wildman–Crippen LogP) is 4.75. The summed E-state index contributed by atoms with van der Waals surface area (Å²) >= 11 is 5.98. The number of rotatable bonds is 6. The summed E-state index contributed by atoms with van der Waals surface area (Å²) in [5.41, 5.74) is 0.828. The van der Waals surface area contributed by atoms with Gasteiger partial charge in [-0.3, -0.25) is 9.59 Å². The molecule has 0 aliphatic rings. The number of carbonyl (C=O) groups is 2. The number of ether oxygens (including phenoxy) is 2. The van der Waals surface area contributed by atoms with Gasteiger partial charge < -0.3 is 9.47 Å². The molecule has 0 atom stereocenters.